The van der Waals surface area contributed by atoms with Crippen molar-refractivity contribution in [2.24, 2.45) is 0 Å². The molecule has 3 heterocycles. The molecule has 4 aromatic rings. The van der Waals surface area contributed by atoms with Gasteiger partial charge in [0.05, 0.1) is 36.9 Å². The van der Waals surface area contributed by atoms with Crippen LogP contribution in [-0.2, 0) is 0 Å². The van der Waals surface area contributed by atoms with Crippen molar-refractivity contribution in [2.75, 3.05) is 25.5 Å². The third kappa shape index (κ3) is 4.56. The number of carboxylic acid groups (broad SMARTS) is 1. The van der Waals surface area contributed by atoms with E-state index in [2.05, 4.69) is 25.6 Å². The molecule has 2 aromatic heterocycles. The Labute approximate surface area is 198 Å². The molecule has 11 heteroatoms. The Morgan fingerprint density at radius 1 is 1.17 bits per heavy atom. The SMILES string of the molecule is COc1cc(C(=O)NC2CN(C(=O)O)C2)ccc1Nc1cncc(-c2cc3cc(F)ccc3[nH]2)n1. The van der Waals surface area contributed by atoms with Gasteiger partial charge in [-0.2, -0.15) is 0 Å². The molecule has 0 radical (unpaired) electrons. The van der Waals surface area contributed by atoms with E-state index < -0.39 is 6.09 Å². The van der Waals surface area contributed by atoms with E-state index in [0.29, 0.717) is 34.2 Å². The minimum Gasteiger partial charge on any atom is -0.495 e. The first kappa shape index (κ1) is 22.1. The van der Waals surface area contributed by atoms with E-state index in [9.17, 15) is 14.0 Å². The molecule has 1 saturated heterocycles. The van der Waals surface area contributed by atoms with E-state index in [0.717, 1.165) is 10.9 Å². The van der Waals surface area contributed by atoms with Gasteiger partial charge in [-0.3, -0.25) is 9.78 Å². The maximum Gasteiger partial charge on any atom is 0.407 e. The summed E-state index contributed by atoms with van der Waals surface area (Å²) < 4.78 is 19.0. The summed E-state index contributed by atoms with van der Waals surface area (Å²) in [4.78, 5) is 36.7. The average molecular weight is 476 g/mol. The molecule has 0 saturated carbocycles. The predicted octanol–water partition coefficient (Wildman–Crippen LogP) is 3.61. The number of hydrogen-bond donors (Lipinski definition) is 4. The molecule has 0 spiro atoms. The number of carbonyl (C=O) groups excluding carboxylic acids is 1. The van der Waals surface area contributed by atoms with E-state index in [4.69, 9.17) is 9.84 Å². The summed E-state index contributed by atoms with van der Waals surface area (Å²) in [6, 6.07) is 11.0. The van der Waals surface area contributed by atoms with Crippen molar-refractivity contribution in [3.63, 3.8) is 0 Å². The third-order valence-electron chi connectivity index (χ3n) is 5.71. The smallest absolute Gasteiger partial charge is 0.407 e. The highest BCUT2D eigenvalue weighted by Gasteiger charge is 2.31. The Morgan fingerprint density at radius 2 is 2.00 bits per heavy atom. The summed E-state index contributed by atoms with van der Waals surface area (Å²) >= 11 is 0. The van der Waals surface area contributed by atoms with E-state index in [1.165, 1.54) is 24.1 Å². The van der Waals surface area contributed by atoms with Gasteiger partial charge in [0.15, 0.2) is 0 Å². The quantitative estimate of drug-likeness (QED) is 0.334. The van der Waals surface area contributed by atoms with Crippen LogP contribution in [0.2, 0.25) is 0 Å². The van der Waals surface area contributed by atoms with E-state index in [1.54, 1.807) is 42.7 Å². The second kappa shape index (κ2) is 8.93. The Balaban J connectivity index is 1.31. The van der Waals surface area contributed by atoms with Gasteiger partial charge in [0, 0.05) is 29.6 Å². The first-order chi connectivity index (χ1) is 16.9. The van der Waals surface area contributed by atoms with E-state index in [-0.39, 0.29) is 30.9 Å². The topological polar surface area (TPSA) is 132 Å². The van der Waals surface area contributed by atoms with Crippen LogP contribution in [0.15, 0.2) is 54.9 Å². The first-order valence-electron chi connectivity index (χ1n) is 10.7. The van der Waals surface area contributed by atoms with Crippen LogP contribution in [0.3, 0.4) is 0 Å². The Bertz CT molecular complexity index is 1430. The lowest BCUT2D eigenvalue weighted by Crippen LogP contribution is -2.60. The second-order valence-electron chi connectivity index (χ2n) is 8.10. The number of nitrogens with zero attached hydrogens (tertiary/aromatic N) is 3. The molecule has 35 heavy (non-hydrogen) atoms. The third-order valence-corrected chi connectivity index (χ3v) is 5.71. The standard InChI is InChI=1S/C24H21FN6O4/c1-35-21-8-13(23(32)27-16-11-31(12-16)24(33)34)2-4-18(21)29-22-10-26-9-20(30-22)19-7-14-6-15(25)3-5-17(14)28-19/h2-10,16,28H,11-12H2,1H3,(H,27,32)(H,29,30)(H,33,34). The lowest BCUT2D eigenvalue weighted by atomic mass is 10.1. The number of aromatic amines is 1. The van der Waals surface area contributed by atoms with Crippen molar-refractivity contribution in [1.82, 2.24) is 25.2 Å². The van der Waals surface area contributed by atoms with Gasteiger partial charge in [-0.05, 0) is 42.5 Å². The summed E-state index contributed by atoms with van der Waals surface area (Å²) in [5, 5.41) is 15.6. The van der Waals surface area contributed by atoms with Crippen LogP contribution in [0.25, 0.3) is 22.3 Å². The van der Waals surface area contributed by atoms with Crippen molar-refractivity contribution in [2.45, 2.75) is 6.04 Å². The molecule has 2 amide bonds. The molecule has 0 aliphatic carbocycles. The zero-order valence-electron chi connectivity index (χ0n) is 18.6. The van der Waals surface area contributed by atoms with Gasteiger partial charge in [-0.25, -0.2) is 14.2 Å². The number of H-pyrrole nitrogens is 1. The Morgan fingerprint density at radius 3 is 2.77 bits per heavy atom. The molecule has 1 aliphatic heterocycles. The van der Waals surface area contributed by atoms with Gasteiger partial charge >= 0.3 is 6.09 Å². The maximum absolute atomic E-state index is 13.5. The average Bonchev–Trinajstić information content (AvgIpc) is 3.24. The molecule has 4 N–H and O–H groups in total. The maximum atomic E-state index is 13.5. The van der Waals surface area contributed by atoms with Crippen molar-refractivity contribution in [3.05, 3.63) is 66.2 Å². The number of nitrogens with one attached hydrogen (secondary N) is 3. The molecule has 0 atom stereocenters. The van der Waals surface area contributed by atoms with Crippen molar-refractivity contribution in [3.8, 4) is 17.1 Å². The van der Waals surface area contributed by atoms with Gasteiger partial charge < -0.3 is 30.4 Å². The predicted molar refractivity (Wildman–Crippen MR) is 126 cm³/mol. The molecule has 178 valence electrons. The van der Waals surface area contributed by atoms with Crippen LogP contribution in [0.1, 0.15) is 10.4 Å². The number of methoxy groups -OCH3 is 1. The number of fused-ring (bicyclic) bond motifs is 1. The Kier molecular flexibility index (Phi) is 5.65. The Hall–Kier alpha value is -4.67. The number of halogens is 1. The zero-order valence-corrected chi connectivity index (χ0v) is 18.6. The summed E-state index contributed by atoms with van der Waals surface area (Å²) in [7, 11) is 1.49. The van der Waals surface area contributed by atoms with E-state index >= 15 is 0 Å². The molecule has 10 nitrogen and oxygen atoms in total. The van der Waals surface area contributed by atoms with Gasteiger partial charge in [-0.15, -0.1) is 0 Å². The highest BCUT2D eigenvalue weighted by molar-refractivity contribution is 5.96. The lowest BCUT2D eigenvalue weighted by Gasteiger charge is -2.37. The van der Waals surface area contributed by atoms with Crippen LogP contribution in [0.5, 0.6) is 5.75 Å². The van der Waals surface area contributed by atoms with Crippen molar-refractivity contribution < 1.29 is 23.8 Å². The molecule has 1 aliphatic rings. The van der Waals surface area contributed by atoms with Crippen LogP contribution in [0, 0.1) is 5.82 Å². The summed E-state index contributed by atoms with van der Waals surface area (Å²) in [5.41, 5.74) is 3.01. The van der Waals surface area contributed by atoms with Gasteiger partial charge in [-0.1, -0.05) is 0 Å². The minimum absolute atomic E-state index is 0.221. The molecule has 0 unspecified atom stereocenters. The van der Waals surface area contributed by atoms with E-state index in [1.807, 2.05) is 0 Å². The zero-order chi connectivity index (χ0) is 24.5. The summed E-state index contributed by atoms with van der Waals surface area (Å²) in [6.45, 7) is 0.524. The van der Waals surface area contributed by atoms with Gasteiger partial charge in [0.1, 0.15) is 23.1 Å². The number of amides is 2. The number of rotatable bonds is 6. The van der Waals surface area contributed by atoms with Crippen molar-refractivity contribution >= 4 is 34.4 Å². The molecular formula is C24H21FN6O4. The van der Waals surface area contributed by atoms with Gasteiger partial charge in [0.2, 0.25) is 0 Å². The molecule has 1 fully saturated rings. The number of hydrogen-bond acceptors (Lipinski definition) is 6. The molecule has 2 aromatic carbocycles. The largest absolute Gasteiger partial charge is 0.495 e. The second-order valence-corrected chi connectivity index (χ2v) is 8.10. The molecule has 5 rings (SSSR count). The number of carbonyl (C=O) groups is 2. The number of ether oxygens (including phenoxy) is 1. The molecule has 0 bridgehead atoms. The highest BCUT2D eigenvalue weighted by atomic mass is 19.1. The number of likely N-dealkylation sites (tertiary alicyclic amines) is 1. The summed E-state index contributed by atoms with van der Waals surface area (Å²) in [5.74, 6) is 0.239. The number of anilines is 2. The highest BCUT2D eigenvalue weighted by Crippen LogP contribution is 2.29. The number of benzene rings is 2. The minimum atomic E-state index is -1.00. The number of aromatic nitrogens is 3. The first-order valence-corrected chi connectivity index (χ1v) is 10.7. The monoisotopic (exact) mass is 476 g/mol. The fraction of sp³-hybridized carbons (Fsp3) is 0.167. The lowest BCUT2D eigenvalue weighted by molar-refractivity contribution is 0.0767. The fourth-order valence-corrected chi connectivity index (χ4v) is 3.87. The normalized spacial score (nSPS) is 13.4. The van der Waals surface area contributed by atoms with Crippen molar-refractivity contribution in [1.29, 1.82) is 0 Å². The van der Waals surface area contributed by atoms with Crippen LogP contribution >= 0.6 is 0 Å². The summed E-state index contributed by atoms with van der Waals surface area (Å²) in [6.07, 6.45) is 2.15. The molecular weight excluding hydrogens is 455 g/mol. The van der Waals surface area contributed by atoms with Crippen LogP contribution < -0.4 is 15.4 Å². The fourth-order valence-electron chi connectivity index (χ4n) is 3.87. The van der Waals surface area contributed by atoms with Gasteiger partial charge in [0.25, 0.3) is 5.91 Å². The van der Waals surface area contributed by atoms with Crippen LogP contribution in [-0.4, -0.2) is 63.2 Å². The van der Waals surface area contributed by atoms with Crippen LogP contribution in [0.4, 0.5) is 20.7 Å².